The van der Waals surface area contributed by atoms with Gasteiger partial charge in [-0.1, -0.05) is 60.7 Å². The Morgan fingerprint density at radius 1 is 0.850 bits per heavy atom. The van der Waals surface area contributed by atoms with Crippen molar-refractivity contribution in [1.29, 1.82) is 0 Å². The normalized spacial score (nSPS) is 16.2. The summed E-state index contributed by atoms with van der Waals surface area (Å²) in [6.45, 7) is 3.51. The van der Waals surface area contributed by atoms with Crippen LogP contribution in [0, 0.1) is 0 Å². The van der Waals surface area contributed by atoms with Crippen molar-refractivity contribution < 1.29 is 4.74 Å². The van der Waals surface area contributed by atoms with Crippen molar-refractivity contribution in [2.24, 2.45) is 0 Å². The van der Waals surface area contributed by atoms with E-state index in [-0.39, 0.29) is 0 Å². The summed E-state index contributed by atoms with van der Waals surface area (Å²) >= 11 is 0. The molecule has 2 aromatic rings. The summed E-state index contributed by atoms with van der Waals surface area (Å²) in [7, 11) is 0. The highest BCUT2D eigenvalue weighted by atomic mass is 16.5. The molecule has 0 bridgehead atoms. The van der Waals surface area contributed by atoms with Gasteiger partial charge in [-0.25, -0.2) is 0 Å². The second-order valence-electron chi connectivity index (χ2n) is 4.91. The molecule has 0 aromatic heterocycles. The molecule has 0 N–H and O–H groups in total. The van der Waals surface area contributed by atoms with Crippen LogP contribution in [0.1, 0.15) is 11.1 Å². The SMILES string of the molecule is C(=C(/c1ccccc1)N1CCOCC1)/c1ccccc1. The van der Waals surface area contributed by atoms with Crippen LogP contribution in [0.3, 0.4) is 0 Å². The highest BCUT2D eigenvalue weighted by molar-refractivity contribution is 5.80. The van der Waals surface area contributed by atoms with E-state index in [2.05, 4.69) is 65.6 Å². The van der Waals surface area contributed by atoms with E-state index in [1.165, 1.54) is 16.8 Å². The molecule has 1 aliphatic rings. The van der Waals surface area contributed by atoms with Gasteiger partial charge in [0.2, 0.25) is 0 Å². The molecule has 0 saturated carbocycles. The van der Waals surface area contributed by atoms with Crippen molar-refractivity contribution in [2.75, 3.05) is 26.3 Å². The monoisotopic (exact) mass is 265 g/mol. The zero-order chi connectivity index (χ0) is 13.6. The van der Waals surface area contributed by atoms with Gasteiger partial charge in [-0.3, -0.25) is 0 Å². The fourth-order valence-electron chi connectivity index (χ4n) is 2.48. The Morgan fingerprint density at radius 3 is 2.10 bits per heavy atom. The first-order valence-corrected chi connectivity index (χ1v) is 7.08. The molecule has 0 radical (unpaired) electrons. The maximum Gasteiger partial charge on any atom is 0.0642 e. The third-order valence-corrected chi connectivity index (χ3v) is 3.52. The van der Waals surface area contributed by atoms with Crippen molar-refractivity contribution in [3.05, 3.63) is 71.8 Å². The Hall–Kier alpha value is -2.06. The fourth-order valence-corrected chi connectivity index (χ4v) is 2.48. The molecule has 3 rings (SSSR count). The molecule has 1 heterocycles. The zero-order valence-electron chi connectivity index (χ0n) is 11.5. The number of benzene rings is 2. The molecule has 102 valence electrons. The van der Waals surface area contributed by atoms with Crippen LogP contribution in [0.2, 0.25) is 0 Å². The van der Waals surface area contributed by atoms with Gasteiger partial charge in [-0.2, -0.15) is 0 Å². The van der Waals surface area contributed by atoms with Crippen LogP contribution in [0.15, 0.2) is 60.7 Å². The van der Waals surface area contributed by atoms with Crippen LogP contribution in [-0.4, -0.2) is 31.2 Å². The molecule has 1 saturated heterocycles. The van der Waals surface area contributed by atoms with Crippen molar-refractivity contribution in [3.8, 4) is 0 Å². The van der Waals surface area contributed by atoms with Crippen LogP contribution in [0.25, 0.3) is 11.8 Å². The molecule has 0 atom stereocenters. The molecule has 0 amide bonds. The Morgan fingerprint density at radius 2 is 1.45 bits per heavy atom. The first-order chi connectivity index (χ1) is 9.93. The van der Waals surface area contributed by atoms with E-state index < -0.39 is 0 Å². The smallest absolute Gasteiger partial charge is 0.0642 e. The van der Waals surface area contributed by atoms with E-state index in [0.29, 0.717) is 0 Å². The number of morpholine rings is 1. The third kappa shape index (κ3) is 3.09. The van der Waals surface area contributed by atoms with Gasteiger partial charge in [0.05, 0.1) is 13.2 Å². The van der Waals surface area contributed by atoms with E-state index in [1.807, 2.05) is 6.07 Å². The average Bonchev–Trinajstić information content (AvgIpc) is 2.55. The lowest BCUT2D eigenvalue weighted by Gasteiger charge is -2.31. The molecule has 2 aromatic carbocycles. The average molecular weight is 265 g/mol. The molecule has 20 heavy (non-hydrogen) atoms. The predicted octanol–water partition coefficient (Wildman–Crippen LogP) is 3.52. The minimum absolute atomic E-state index is 0.805. The minimum atomic E-state index is 0.805. The molecule has 2 nitrogen and oxygen atoms in total. The molecule has 0 aliphatic carbocycles. The summed E-state index contributed by atoms with van der Waals surface area (Å²) in [4.78, 5) is 2.41. The van der Waals surface area contributed by atoms with Crippen molar-refractivity contribution in [2.45, 2.75) is 0 Å². The number of nitrogens with zero attached hydrogens (tertiary/aromatic N) is 1. The second-order valence-corrected chi connectivity index (χ2v) is 4.91. The van der Waals surface area contributed by atoms with Gasteiger partial charge >= 0.3 is 0 Å². The molecular formula is C18H19NO. The van der Waals surface area contributed by atoms with Gasteiger partial charge in [0, 0.05) is 18.8 Å². The van der Waals surface area contributed by atoms with E-state index in [1.54, 1.807) is 0 Å². The van der Waals surface area contributed by atoms with Gasteiger partial charge in [0.1, 0.15) is 0 Å². The van der Waals surface area contributed by atoms with Crippen LogP contribution in [-0.2, 0) is 4.74 Å². The molecule has 1 fully saturated rings. The molecular weight excluding hydrogens is 246 g/mol. The van der Waals surface area contributed by atoms with Gasteiger partial charge < -0.3 is 9.64 Å². The maximum absolute atomic E-state index is 5.47. The topological polar surface area (TPSA) is 12.5 Å². The Balaban J connectivity index is 1.97. The van der Waals surface area contributed by atoms with Gasteiger partial charge in [0.15, 0.2) is 0 Å². The maximum atomic E-state index is 5.47. The highest BCUT2D eigenvalue weighted by Gasteiger charge is 2.15. The van der Waals surface area contributed by atoms with Crippen LogP contribution >= 0.6 is 0 Å². The van der Waals surface area contributed by atoms with Crippen molar-refractivity contribution in [1.82, 2.24) is 4.90 Å². The summed E-state index contributed by atoms with van der Waals surface area (Å²) < 4.78 is 5.47. The standard InChI is InChI=1S/C18H19NO/c1-3-7-16(8-4-1)15-18(17-9-5-2-6-10-17)19-11-13-20-14-12-19/h1-10,15H,11-14H2/b18-15+. The largest absolute Gasteiger partial charge is 0.378 e. The van der Waals surface area contributed by atoms with Crippen molar-refractivity contribution >= 4 is 11.8 Å². The van der Waals surface area contributed by atoms with E-state index in [9.17, 15) is 0 Å². The Bertz CT molecular complexity index is 556. The van der Waals surface area contributed by atoms with E-state index in [4.69, 9.17) is 4.74 Å². The molecule has 2 heteroatoms. The highest BCUT2D eigenvalue weighted by Crippen LogP contribution is 2.23. The quantitative estimate of drug-likeness (QED) is 0.787. The lowest BCUT2D eigenvalue weighted by Crippen LogP contribution is -2.34. The van der Waals surface area contributed by atoms with E-state index in [0.717, 1.165) is 26.3 Å². The number of rotatable bonds is 3. The Kier molecular flexibility index (Phi) is 4.14. The van der Waals surface area contributed by atoms with Gasteiger partial charge in [0.25, 0.3) is 0 Å². The summed E-state index contributed by atoms with van der Waals surface area (Å²) in [5, 5.41) is 0. The van der Waals surface area contributed by atoms with Gasteiger partial charge in [-0.05, 0) is 17.2 Å². The number of hydrogen-bond acceptors (Lipinski definition) is 2. The first kappa shape index (κ1) is 12.9. The Labute approximate surface area is 120 Å². The summed E-state index contributed by atoms with van der Waals surface area (Å²) in [6, 6.07) is 21.1. The van der Waals surface area contributed by atoms with Crippen LogP contribution in [0.5, 0.6) is 0 Å². The summed E-state index contributed by atoms with van der Waals surface area (Å²) in [5.74, 6) is 0. The van der Waals surface area contributed by atoms with Crippen LogP contribution in [0.4, 0.5) is 0 Å². The number of hydrogen-bond donors (Lipinski definition) is 0. The van der Waals surface area contributed by atoms with E-state index >= 15 is 0 Å². The molecule has 0 unspecified atom stereocenters. The lowest BCUT2D eigenvalue weighted by atomic mass is 10.1. The summed E-state index contributed by atoms with van der Waals surface area (Å²) in [5.41, 5.74) is 3.77. The third-order valence-electron chi connectivity index (χ3n) is 3.52. The molecule has 1 aliphatic heterocycles. The van der Waals surface area contributed by atoms with Crippen molar-refractivity contribution in [3.63, 3.8) is 0 Å². The fraction of sp³-hybridized carbons (Fsp3) is 0.222. The molecule has 0 spiro atoms. The zero-order valence-corrected chi connectivity index (χ0v) is 11.5. The van der Waals surface area contributed by atoms with Crippen LogP contribution < -0.4 is 0 Å². The first-order valence-electron chi connectivity index (χ1n) is 7.08. The lowest BCUT2D eigenvalue weighted by molar-refractivity contribution is 0.0642. The summed E-state index contributed by atoms with van der Waals surface area (Å²) in [6.07, 6.45) is 2.26. The van der Waals surface area contributed by atoms with Gasteiger partial charge in [-0.15, -0.1) is 0 Å². The predicted molar refractivity (Wildman–Crippen MR) is 83.1 cm³/mol. The minimum Gasteiger partial charge on any atom is -0.378 e. The number of ether oxygens (including phenoxy) is 1. The second kappa shape index (κ2) is 6.40.